The summed E-state index contributed by atoms with van der Waals surface area (Å²) in [5, 5.41) is 8.65. The Morgan fingerprint density at radius 2 is 2.07 bits per heavy atom. The molecule has 0 radical (unpaired) electrons. The maximum absolute atomic E-state index is 12.9. The minimum Gasteiger partial charge on any atom is -0.396 e. The van der Waals surface area contributed by atoms with E-state index in [0.29, 0.717) is 18.4 Å². The summed E-state index contributed by atoms with van der Waals surface area (Å²) >= 11 is 0. The lowest BCUT2D eigenvalue weighted by Crippen LogP contribution is -2.04. The lowest BCUT2D eigenvalue weighted by molar-refractivity contribution is 0.288. The molecule has 0 aromatic heterocycles. The molecule has 5 heteroatoms. The molecular formula is C10H13FO3S. The quantitative estimate of drug-likeness (QED) is 0.847. The molecule has 0 atom stereocenters. The number of aryl methyl sites for hydroxylation is 1. The Balaban J connectivity index is 3.15. The molecule has 0 spiro atoms. The Labute approximate surface area is 88.5 Å². The van der Waals surface area contributed by atoms with Crippen LogP contribution in [0.5, 0.6) is 0 Å². The van der Waals surface area contributed by atoms with Crippen LogP contribution in [-0.2, 0) is 16.3 Å². The van der Waals surface area contributed by atoms with Crippen molar-refractivity contribution in [2.75, 3.05) is 12.9 Å². The lowest BCUT2D eigenvalue weighted by Gasteiger charge is -2.06. The second-order valence-corrected chi connectivity index (χ2v) is 5.34. The smallest absolute Gasteiger partial charge is 0.175 e. The summed E-state index contributed by atoms with van der Waals surface area (Å²) < 4.78 is 35.6. The van der Waals surface area contributed by atoms with Gasteiger partial charge in [0.05, 0.1) is 4.90 Å². The highest BCUT2D eigenvalue weighted by Gasteiger charge is 2.13. The van der Waals surface area contributed by atoms with E-state index in [2.05, 4.69) is 0 Å². The number of halogens is 1. The van der Waals surface area contributed by atoms with Gasteiger partial charge in [0.25, 0.3) is 0 Å². The molecule has 1 aromatic rings. The van der Waals surface area contributed by atoms with Crippen molar-refractivity contribution in [3.8, 4) is 0 Å². The van der Waals surface area contributed by atoms with Crippen molar-refractivity contribution in [2.24, 2.45) is 0 Å². The standard InChI is InChI=1S/C10H13FO3S/c1-15(13,14)10-7-9(11)5-4-8(10)3-2-6-12/h4-5,7,12H,2-3,6H2,1H3. The molecule has 1 N–H and O–H groups in total. The van der Waals surface area contributed by atoms with E-state index in [4.69, 9.17) is 5.11 Å². The third kappa shape index (κ3) is 3.28. The first-order valence-electron chi connectivity index (χ1n) is 4.54. The van der Waals surface area contributed by atoms with Crippen LogP contribution in [0.15, 0.2) is 23.1 Å². The molecule has 0 saturated carbocycles. The Hall–Kier alpha value is -0.940. The summed E-state index contributed by atoms with van der Waals surface area (Å²) in [4.78, 5) is 0.0101. The van der Waals surface area contributed by atoms with Crippen LogP contribution in [-0.4, -0.2) is 26.4 Å². The van der Waals surface area contributed by atoms with Crippen LogP contribution in [0, 0.1) is 5.82 Å². The van der Waals surface area contributed by atoms with Gasteiger partial charge in [0.2, 0.25) is 0 Å². The van der Waals surface area contributed by atoms with Crippen molar-refractivity contribution in [1.29, 1.82) is 0 Å². The van der Waals surface area contributed by atoms with Crippen LogP contribution in [0.1, 0.15) is 12.0 Å². The largest absolute Gasteiger partial charge is 0.396 e. The number of benzene rings is 1. The van der Waals surface area contributed by atoms with E-state index < -0.39 is 15.7 Å². The number of aliphatic hydroxyl groups is 1. The average Bonchev–Trinajstić information content (AvgIpc) is 2.14. The predicted octanol–water partition coefficient (Wildman–Crippen LogP) is 1.15. The summed E-state index contributed by atoms with van der Waals surface area (Å²) in [6, 6.07) is 3.69. The van der Waals surface area contributed by atoms with Crippen LogP contribution in [0.25, 0.3) is 0 Å². The summed E-state index contributed by atoms with van der Waals surface area (Å²) in [6.07, 6.45) is 1.94. The van der Waals surface area contributed by atoms with Gasteiger partial charge >= 0.3 is 0 Å². The van der Waals surface area contributed by atoms with E-state index in [1.165, 1.54) is 12.1 Å². The number of rotatable bonds is 4. The zero-order chi connectivity index (χ0) is 11.5. The van der Waals surface area contributed by atoms with Gasteiger partial charge in [-0.15, -0.1) is 0 Å². The van der Waals surface area contributed by atoms with E-state index in [-0.39, 0.29) is 11.5 Å². The molecule has 0 unspecified atom stereocenters. The highest BCUT2D eigenvalue weighted by molar-refractivity contribution is 7.90. The van der Waals surface area contributed by atoms with Crippen molar-refractivity contribution in [3.05, 3.63) is 29.6 Å². The van der Waals surface area contributed by atoms with Crippen LogP contribution in [0.2, 0.25) is 0 Å². The SMILES string of the molecule is CS(=O)(=O)c1cc(F)ccc1CCCO. The van der Waals surface area contributed by atoms with E-state index in [1.807, 2.05) is 0 Å². The normalized spacial score (nSPS) is 11.7. The van der Waals surface area contributed by atoms with Gasteiger partial charge in [0, 0.05) is 12.9 Å². The lowest BCUT2D eigenvalue weighted by atomic mass is 10.1. The Bertz CT molecular complexity index is 440. The molecule has 0 aliphatic carbocycles. The molecule has 0 fully saturated rings. The van der Waals surface area contributed by atoms with Crippen molar-refractivity contribution in [1.82, 2.24) is 0 Å². The molecule has 84 valence electrons. The maximum atomic E-state index is 12.9. The first kappa shape index (κ1) is 12.1. The zero-order valence-corrected chi connectivity index (χ0v) is 9.22. The van der Waals surface area contributed by atoms with Gasteiger partial charge in [0.15, 0.2) is 9.84 Å². The number of hydrogen-bond acceptors (Lipinski definition) is 3. The third-order valence-electron chi connectivity index (χ3n) is 2.03. The second kappa shape index (κ2) is 4.72. The molecule has 1 rings (SSSR count). The van der Waals surface area contributed by atoms with Crippen molar-refractivity contribution in [3.63, 3.8) is 0 Å². The molecule has 0 amide bonds. The number of aliphatic hydroxyl groups excluding tert-OH is 1. The van der Waals surface area contributed by atoms with Crippen molar-refractivity contribution in [2.45, 2.75) is 17.7 Å². The first-order chi connectivity index (χ1) is 6.95. The summed E-state index contributed by atoms with van der Waals surface area (Å²) in [5.41, 5.74) is 0.549. The van der Waals surface area contributed by atoms with Gasteiger partial charge in [-0.2, -0.15) is 0 Å². The molecule has 15 heavy (non-hydrogen) atoms. The minimum atomic E-state index is -3.41. The monoisotopic (exact) mass is 232 g/mol. The first-order valence-corrected chi connectivity index (χ1v) is 6.43. The Kier molecular flexibility index (Phi) is 3.82. The molecule has 3 nitrogen and oxygen atoms in total. The van der Waals surface area contributed by atoms with Gasteiger partial charge in [0.1, 0.15) is 5.82 Å². The molecule has 0 bridgehead atoms. The molecule has 0 aliphatic heterocycles. The van der Waals surface area contributed by atoms with Crippen LogP contribution in [0.4, 0.5) is 4.39 Å². The summed E-state index contributed by atoms with van der Waals surface area (Å²) in [5.74, 6) is -0.567. The van der Waals surface area contributed by atoms with Crippen LogP contribution in [0.3, 0.4) is 0 Å². The van der Waals surface area contributed by atoms with E-state index >= 15 is 0 Å². The maximum Gasteiger partial charge on any atom is 0.175 e. The van der Waals surface area contributed by atoms with Gasteiger partial charge < -0.3 is 5.11 Å². The highest BCUT2D eigenvalue weighted by atomic mass is 32.2. The Morgan fingerprint density at radius 3 is 2.60 bits per heavy atom. The van der Waals surface area contributed by atoms with Gasteiger partial charge in [-0.05, 0) is 30.5 Å². The van der Waals surface area contributed by atoms with Gasteiger partial charge in [-0.25, -0.2) is 12.8 Å². The number of hydrogen-bond donors (Lipinski definition) is 1. The van der Waals surface area contributed by atoms with Crippen LogP contribution < -0.4 is 0 Å². The predicted molar refractivity (Wildman–Crippen MR) is 54.9 cm³/mol. The number of sulfone groups is 1. The van der Waals surface area contributed by atoms with Crippen LogP contribution >= 0.6 is 0 Å². The molecule has 0 aliphatic rings. The van der Waals surface area contributed by atoms with Crippen molar-refractivity contribution >= 4 is 9.84 Å². The zero-order valence-electron chi connectivity index (χ0n) is 8.40. The highest BCUT2D eigenvalue weighted by Crippen LogP contribution is 2.18. The van der Waals surface area contributed by atoms with Crippen molar-refractivity contribution < 1.29 is 17.9 Å². The fourth-order valence-electron chi connectivity index (χ4n) is 1.35. The fourth-order valence-corrected chi connectivity index (χ4v) is 2.32. The van der Waals surface area contributed by atoms with E-state index in [9.17, 15) is 12.8 Å². The topological polar surface area (TPSA) is 54.4 Å². The average molecular weight is 232 g/mol. The van der Waals surface area contributed by atoms with E-state index in [1.54, 1.807) is 0 Å². The summed E-state index contributed by atoms with van der Waals surface area (Å²) in [7, 11) is -3.41. The molecule has 0 heterocycles. The minimum absolute atomic E-state index is 0.0101. The van der Waals surface area contributed by atoms with E-state index in [0.717, 1.165) is 12.3 Å². The molecular weight excluding hydrogens is 219 g/mol. The molecule has 0 saturated heterocycles. The fraction of sp³-hybridized carbons (Fsp3) is 0.400. The third-order valence-corrected chi connectivity index (χ3v) is 3.21. The summed E-state index contributed by atoms with van der Waals surface area (Å²) in [6.45, 7) is -0.0133. The second-order valence-electron chi connectivity index (χ2n) is 3.35. The molecule has 1 aromatic carbocycles. The van der Waals surface area contributed by atoms with Gasteiger partial charge in [-0.1, -0.05) is 6.07 Å². The Morgan fingerprint density at radius 1 is 1.40 bits per heavy atom. The van der Waals surface area contributed by atoms with Gasteiger partial charge in [-0.3, -0.25) is 0 Å².